The van der Waals surface area contributed by atoms with E-state index in [0.29, 0.717) is 12.1 Å². The van der Waals surface area contributed by atoms with Crippen LogP contribution in [0.2, 0.25) is 0 Å². The maximum atomic E-state index is 12.9. The first-order chi connectivity index (χ1) is 6.07. The van der Waals surface area contributed by atoms with E-state index in [1.165, 1.54) is 0 Å². The van der Waals surface area contributed by atoms with Gasteiger partial charge in [0.2, 0.25) is 5.82 Å². The summed E-state index contributed by atoms with van der Waals surface area (Å²) in [6.45, 7) is -1.40. The van der Waals surface area contributed by atoms with E-state index in [2.05, 4.69) is 0 Å². The number of nitrogens with zero attached hydrogens (tertiary/aromatic N) is 1. The van der Waals surface area contributed by atoms with Gasteiger partial charge in [0.05, 0.1) is 10.5 Å². The van der Waals surface area contributed by atoms with Crippen LogP contribution < -0.4 is 0 Å². The molecule has 70 valence electrons. The highest BCUT2D eigenvalue weighted by Crippen LogP contribution is 2.23. The quantitative estimate of drug-likeness (QED) is 0.531. The minimum atomic E-state index is -1.45. The van der Waals surface area contributed by atoms with Crippen molar-refractivity contribution in [3.63, 3.8) is 0 Å². The molecule has 0 aromatic heterocycles. The summed E-state index contributed by atoms with van der Waals surface area (Å²) in [6, 6.07) is 1.32. The molecular weight excluding hydrogens is 187 g/mol. The average molecular weight is 191 g/mol. The van der Waals surface area contributed by atoms with Crippen LogP contribution >= 0.6 is 0 Å². The standard InChI is InChI=1S/C7H4F3NO2/c8-3-4-5(9)1-2-6(7(4)10)11(12)13/h1-2H,3H2. The van der Waals surface area contributed by atoms with Gasteiger partial charge in [0.25, 0.3) is 0 Å². The first-order valence-corrected chi connectivity index (χ1v) is 3.25. The van der Waals surface area contributed by atoms with E-state index in [1.807, 2.05) is 0 Å². The lowest BCUT2D eigenvalue weighted by Crippen LogP contribution is -1.99. The molecule has 0 heterocycles. The predicted molar refractivity (Wildman–Crippen MR) is 37.8 cm³/mol. The molecule has 0 unspecified atom stereocenters. The van der Waals surface area contributed by atoms with Crippen molar-refractivity contribution < 1.29 is 18.1 Å². The number of alkyl halides is 1. The number of nitro groups is 1. The lowest BCUT2D eigenvalue weighted by Gasteiger charge is -1.99. The van der Waals surface area contributed by atoms with Crippen LogP contribution in [0.25, 0.3) is 0 Å². The van der Waals surface area contributed by atoms with Gasteiger partial charge >= 0.3 is 5.69 Å². The first kappa shape index (κ1) is 9.50. The van der Waals surface area contributed by atoms with Crippen molar-refractivity contribution in [3.05, 3.63) is 39.4 Å². The molecule has 0 bridgehead atoms. The third-order valence-corrected chi connectivity index (χ3v) is 1.50. The normalized spacial score (nSPS) is 10.1. The first-order valence-electron chi connectivity index (χ1n) is 3.25. The maximum absolute atomic E-state index is 12.9. The number of rotatable bonds is 2. The van der Waals surface area contributed by atoms with Crippen molar-refractivity contribution in [1.29, 1.82) is 0 Å². The van der Waals surface area contributed by atoms with E-state index in [9.17, 15) is 23.3 Å². The average Bonchev–Trinajstić information content (AvgIpc) is 2.04. The van der Waals surface area contributed by atoms with Gasteiger partial charge < -0.3 is 0 Å². The SMILES string of the molecule is O=[N+]([O-])c1ccc(F)c(CF)c1F. The largest absolute Gasteiger partial charge is 0.305 e. The molecule has 0 spiro atoms. The predicted octanol–water partition coefficient (Wildman–Crippen LogP) is 2.34. The lowest BCUT2D eigenvalue weighted by molar-refractivity contribution is -0.387. The van der Waals surface area contributed by atoms with E-state index >= 15 is 0 Å². The molecule has 0 aliphatic carbocycles. The van der Waals surface area contributed by atoms with Gasteiger partial charge in [-0.25, -0.2) is 8.78 Å². The molecule has 0 N–H and O–H groups in total. The van der Waals surface area contributed by atoms with Crippen molar-refractivity contribution in [2.45, 2.75) is 6.67 Å². The molecule has 0 saturated heterocycles. The minimum Gasteiger partial charge on any atom is -0.258 e. The summed E-state index contributed by atoms with van der Waals surface area (Å²) < 4.78 is 37.4. The molecule has 0 aliphatic heterocycles. The molecule has 1 rings (SSSR count). The zero-order chi connectivity index (χ0) is 10.0. The highest BCUT2D eigenvalue weighted by Gasteiger charge is 2.20. The number of nitro benzene ring substituents is 1. The van der Waals surface area contributed by atoms with Crippen LogP contribution in [-0.2, 0) is 6.67 Å². The minimum absolute atomic E-state index is 0.657. The van der Waals surface area contributed by atoms with Gasteiger partial charge in [0.15, 0.2) is 0 Å². The Labute approximate surface area is 70.9 Å². The van der Waals surface area contributed by atoms with Gasteiger partial charge in [-0.15, -0.1) is 0 Å². The molecule has 0 atom stereocenters. The molecule has 6 heteroatoms. The van der Waals surface area contributed by atoms with Crippen LogP contribution in [0, 0.1) is 21.7 Å². The molecule has 3 nitrogen and oxygen atoms in total. The van der Waals surface area contributed by atoms with E-state index in [4.69, 9.17) is 0 Å². The van der Waals surface area contributed by atoms with E-state index in [-0.39, 0.29) is 0 Å². The van der Waals surface area contributed by atoms with Crippen LogP contribution in [0.4, 0.5) is 18.9 Å². The summed E-state index contributed by atoms with van der Waals surface area (Å²) in [7, 11) is 0. The monoisotopic (exact) mass is 191 g/mol. The molecule has 0 fully saturated rings. The number of hydrogen-bond donors (Lipinski definition) is 0. The van der Waals surface area contributed by atoms with Gasteiger partial charge in [-0.3, -0.25) is 10.1 Å². The molecule has 13 heavy (non-hydrogen) atoms. The van der Waals surface area contributed by atoms with Gasteiger partial charge in [-0.1, -0.05) is 0 Å². The van der Waals surface area contributed by atoms with Crippen LogP contribution in [0.1, 0.15) is 5.56 Å². The van der Waals surface area contributed by atoms with Crippen LogP contribution in [0.5, 0.6) is 0 Å². The smallest absolute Gasteiger partial charge is 0.258 e. The van der Waals surface area contributed by atoms with Gasteiger partial charge in [-0.05, 0) is 6.07 Å². The van der Waals surface area contributed by atoms with Crippen LogP contribution in [0.3, 0.4) is 0 Å². The van der Waals surface area contributed by atoms with E-state index < -0.39 is 34.5 Å². The summed E-state index contributed by atoms with van der Waals surface area (Å²) in [5.74, 6) is -2.57. The molecule has 0 amide bonds. The Morgan fingerprint density at radius 2 is 2.00 bits per heavy atom. The van der Waals surface area contributed by atoms with Crippen LogP contribution in [0.15, 0.2) is 12.1 Å². The van der Waals surface area contributed by atoms with Crippen molar-refractivity contribution in [2.75, 3.05) is 0 Å². The van der Waals surface area contributed by atoms with Gasteiger partial charge in [0.1, 0.15) is 12.5 Å². The van der Waals surface area contributed by atoms with Crippen molar-refractivity contribution in [3.8, 4) is 0 Å². The third-order valence-electron chi connectivity index (χ3n) is 1.50. The van der Waals surface area contributed by atoms with Crippen molar-refractivity contribution in [2.24, 2.45) is 0 Å². The Bertz CT molecular complexity index is 354. The Balaban J connectivity index is 3.35. The number of benzene rings is 1. The summed E-state index contributed by atoms with van der Waals surface area (Å²) in [5.41, 5.74) is -1.83. The summed E-state index contributed by atoms with van der Waals surface area (Å²) in [6.07, 6.45) is 0. The second-order valence-corrected chi connectivity index (χ2v) is 2.25. The number of hydrogen-bond acceptors (Lipinski definition) is 2. The highest BCUT2D eigenvalue weighted by atomic mass is 19.1. The maximum Gasteiger partial charge on any atom is 0.305 e. The van der Waals surface area contributed by atoms with Gasteiger partial charge in [0, 0.05) is 6.07 Å². The Morgan fingerprint density at radius 1 is 1.38 bits per heavy atom. The fourth-order valence-corrected chi connectivity index (χ4v) is 0.849. The van der Waals surface area contributed by atoms with E-state index in [1.54, 1.807) is 0 Å². The fraction of sp³-hybridized carbons (Fsp3) is 0.143. The molecule has 0 radical (unpaired) electrons. The zero-order valence-electron chi connectivity index (χ0n) is 6.26. The highest BCUT2D eigenvalue weighted by molar-refractivity contribution is 5.37. The Kier molecular flexibility index (Phi) is 2.50. The second-order valence-electron chi connectivity index (χ2n) is 2.25. The van der Waals surface area contributed by atoms with Crippen molar-refractivity contribution in [1.82, 2.24) is 0 Å². The third kappa shape index (κ3) is 1.61. The summed E-state index contributed by atoms with van der Waals surface area (Å²) in [4.78, 5) is 9.09. The zero-order valence-corrected chi connectivity index (χ0v) is 6.26. The van der Waals surface area contributed by atoms with Gasteiger partial charge in [-0.2, -0.15) is 4.39 Å². The van der Waals surface area contributed by atoms with Crippen LogP contribution in [-0.4, -0.2) is 4.92 Å². The lowest BCUT2D eigenvalue weighted by atomic mass is 10.2. The number of halogens is 3. The summed E-state index contributed by atoms with van der Waals surface area (Å²) >= 11 is 0. The summed E-state index contributed by atoms with van der Waals surface area (Å²) in [5, 5.41) is 10.1. The Hall–Kier alpha value is -1.59. The molecule has 1 aromatic rings. The molecule has 0 saturated carbocycles. The second kappa shape index (κ2) is 3.42. The Morgan fingerprint density at radius 3 is 2.46 bits per heavy atom. The molecule has 0 aliphatic rings. The fourth-order valence-electron chi connectivity index (χ4n) is 0.849. The van der Waals surface area contributed by atoms with E-state index in [0.717, 1.165) is 0 Å². The topological polar surface area (TPSA) is 43.1 Å². The van der Waals surface area contributed by atoms with Crippen molar-refractivity contribution >= 4 is 5.69 Å². The molecular formula is C7H4F3NO2. The molecule has 1 aromatic carbocycles.